The number of likely N-dealkylation sites (tertiary alicyclic amines) is 1. The van der Waals surface area contributed by atoms with Crippen LogP contribution in [0.5, 0.6) is 5.75 Å². The Hall–Kier alpha value is -3.86. The van der Waals surface area contributed by atoms with Crippen molar-refractivity contribution in [3.63, 3.8) is 0 Å². The van der Waals surface area contributed by atoms with E-state index in [4.69, 9.17) is 4.74 Å². The Morgan fingerprint density at radius 3 is 2.17 bits per heavy atom. The number of rotatable bonds is 7. The van der Waals surface area contributed by atoms with Gasteiger partial charge >= 0.3 is 0 Å². The molecule has 1 unspecified atom stereocenters. The molecule has 0 spiro atoms. The summed E-state index contributed by atoms with van der Waals surface area (Å²) in [5.41, 5.74) is 2.17. The van der Waals surface area contributed by atoms with Gasteiger partial charge in [0.15, 0.2) is 5.72 Å². The molecule has 0 aliphatic carbocycles. The Morgan fingerprint density at radius 1 is 1.00 bits per heavy atom. The van der Waals surface area contributed by atoms with E-state index >= 15 is 0 Å². The van der Waals surface area contributed by atoms with Crippen LogP contribution in [0.25, 0.3) is 0 Å². The number of amides is 2. The monoisotopic (exact) mass is 466 g/mol. The molecule has 0 radical (unpaired) electrons. The number of nitrogens with zero attached hydrogens (tertiary/aromatic N) is 2. The minimum atomic E-state index is -0.819. The molecule has 5 nitrogen and oxygen atoms in total. The number of para-hydroxylation sites is 1. The van der Waals surface area contributed by atoms with Gasteiger partial charge in [0.05, 0.1) is 0 Å². The highest BCUT2D eigenvalue weighted by atomic mass is 16.5. The van der Waals surface area contributed by atoms with E-state index in [0.29, 0.717) is 26.1 Å². The van der Waals surface area contributed by atoms with Gasteiger partial charge in [-0.05, 0) is 29.7 Å². The molecule has 35 heavy (non-hydrogen) atoms. The minimum Gasteiger partial charge on any atom is -0.468 e. The molecule has 2 aliphatic rings. The summed E-state index contributed by atoms with van der Waals surface area (Å²) in [4.78, 5) is 31.7. The SMILES string of the molecule is C=CCN1C(=O)C(C(=O)N(Cc2ccccc2)Cc2ccccc2)[C@H]2C[C@@]1(C)Oc1ccccc12. The van der Waals surface area contributed by atoms with Crippen LogP contribution in [0.2, 0.25) is 0 Å². The molecule has 2 amide bonds. The van der Waals surface area contributed by atoms with E-state index in [1.165, 1.54) is 0 Å². The topological polar surface area (TPSA) is 49.9 Å². The molecule has 3 aromatic rings. The summed E-state index contributed by atoms with van der Waals surface area (Å²) in [5.74, 6) is -0.682. The summed E-state index contributed by atoms with van der Waals surface area (Å²) in [6.45, 7) is 6.97. The van der Waals surface area contributed by atoms with Crippen LogP contribution in [0.1, 0.15) is 36.0 Å². The number of fused-ring (bicyclic) bond motifs is 4. The van der Waals surface area contributed by atoms with Gasteiger partial charge < -0.3 is 14.5 Å². The zero-order valence-electron chi connectivity index (χ0n) is 20.0. The molecule has 5 heteroatoms. The normalized spacial score (nSPS) is 22.7. The number of hydrogen-bond donors (Lipinski definition) is 0. The van der Waals surface area contributed by atoms with Gasteiger partial charge in [-0.1, -0.05) is 84.9 Å². The second-order valence-electron chi connectivity index (χ2n) is 9.51. The first-order valence-corrected chi connectivity index (χ1v) is 12.1. The van der Waals surface area contributed by atoms with Gasteiger partial charge in [-0.3, -0.25) is 9.59 Å². The molecule has 1 saturated heterocycles. The van der Waals surface area contributed by atoms with E-state index in [1.54, 1.807) is 11.0 Å². The predicted molar refractivity (Wildman–Crippen MR) is 135 cm³/mol. The van der Waals surface area contributed by atoms with E-state index < -0.39 is 11.6 Å². The maximum Gasteiger partial charge on any atom is 0.239 e. The van der Waals surface area contributed by atoms with Crippen LogP contribution in [0.15, 0.2) is 97.6 Å². The fourth-order valence-electron chi connectivity index (χ4n) is 5.42. The van der Waals surface area contributed by atoms with Gasteiger partial charge in [0.1, 0.15) is 11.7 Å². The highest BCUT2D eigenvalue weighted by Crippen LogP contribution is 2.50. The lowest BCUT2D eigenvalue weighted by Gasteiger charge is -2.53. The molecule has 3 atom stereocenters. The molecule has 2 aliphatic heterocycles. The Labute approximate surface area is 206 Å². The quantitative estimate of drug-likeness (QED) is 0.358. The second-order valence-corrected chi connectivity index (χ2v) is 9.51. The molecule has 3 aromatic carbocycles. The first-order chi connectivity index (χ1) is 17.0. The van der Waals surface area contributed by atoms with Crippen LogP contribution >= 0.6 is 0 Å². The summed E-state index contributed by atoms with van der Waals surface area (Å²) in [6.07, 6.45) is 2.26. The van der Waals surface area contributed by atoms with E-state index in [1.807, 2.05) is 96.8 Å². The van der Waals surface area contributed by atoms with E-state index in [9.17, 15) is 9.59 Å². The second kappa shape index (κ2) is 9.41. The number of piperidine rings is 1. The van der Waals surface area contributed by atoms with Gasteiger partial charge in [-0.25, -0.2) is 0 Å². The molecule has 5 rings (SSSR count). The Kier molecular flexibility index (Phi) is 6.16. The standard InChI is InChI=1S/C30H30N2O3/c1-3-18-32-29(34)27(25-19-30(32,2)35-26-17-11-10-16-24(25)26)28(33)31(20-22-12-6-4-7-13-22)21-23-14-8-5-9-15-23/h3-17,25,27H,1,18-21H2,2H3/t25-,27?,30+/m0/s1. The van der Waals surface area contributed by atoms with Gasteiger partial charge in [0.25, 0.3) is 0 Å². The molecule has 2 bridgehead atoms. The van der Waals surface area contributed by atoms with Crippen molar-refractivity contribution in [3.05, 3.63) is 114 Å². The van der Waals surface area contributed by atoms with Crippen molar-refractivity contribution in [3.8, 4) is 5.75 Å². The molecule has 178 valence electrons. The lowest BCUT2D eigenvalue weighted by molar-refractivity contribution is -0.177. The first-order valence-electron chi connectivity index (χ1n) is 12.1. The summed E-state index contributed by atoms with van der Waals surface area (Å²) >= 11 is 0. The maximum absolute atomic E-state index is 14.3. The number of carbonyl (C=O) groups is 2. The summed E-state index contributed by atoms with van der Waals surface area (Å²) in [7, 11) is 0. The van der Waals surface area contributed by atoms with Crippen molar-refractivity contribution in [2.45, 2.75) is 38.1 Å². The number of benzene rings is 3. The predicted octanol–water partition coefficient (Wildman–Crippen LogP) is 5.14. The van der Waals surface area contributed by atoms with Crippen LogP contribution < -0.4 is 4.74 Å². The van der Waals surface area contributed by atoms with Crippen LogP contribution in [0, 0.1) is 5.92 Å². The first kappa shape index (κ1) is 22.9. The third-order valence-electron chi connectivity index (χ3n) is 7.07. The fourth-order valence-corrected chi connectivity index (χ4v) is 5.42. The molecule has 2 heterocycles. The molecule has 0 N–H and O–H groups in total. The minimum absolute atomic E-state index is 0.152. The fraction of sp³-hybridized carbons (Fsp3) is 0.267. The number of carbonyl (C=O) groups excluding carboxylic acids is 2. The van der Waals surface area contributed by atoms with Crippen LogP contribution in [-0.4, -0.2) is 33.9 Å². The zero-order chi connectivity index (χ0) is 24.4. The highest BCUT2D eigenvalue weighted by molar-refractivity contribution is 6.02. The molecule has 1 fully saturated rings. The van der Waals surface area contributed by atoms with Gasteiger partial charge in [0, 0.05) is 32.0 Å². The van der Waals surface area contributed by atoms with Crippen LogP contribution in [0.4, 0.5) is 0 Å². The Balaban J connectivity index is 1.55. The van der Waals surface area contributed by atoms with Gasteiger partial charge in [-0.2, -0.15) is 0 Å². The van der Waals surface area contributed by atoms with E-state index in [-0.39, 0.29) is 17.7 Å². The van der Waals surface area contributed by atoms with E-state index in [2.05, 4.69) is 6.58 Å². The van der Waals surface area contributed by atoms with Crippen molar-refractivity contribution in [2.75, 3.05) is 6.54 Å². The summed E-state index contributed by atoms with van der Waals surface area (Å²) in [5, 5.41) is 0. The summed E-state index contributed by atoms with van der Waals surface area (Å²) < 4.78 is 6.34. The van der Waals surface area contributed by atoms with Crippen LogP contribution in [0.3, 0.4) is 0 Å². The summed E-state index contributed by atoms with van der Waals surface area (Å²) in [6, 6.07) is 27.6. The van der Waals surface area contributed by atoms with Crippen molar-refractivity contribution in [1.82, 2.24) is 9.80 Å². The zero-order valence-corrected chi connectivity index (χ0v) is 20.0. The maximum atomic E-state index is 14.3. The third kappa shape index (κ3) is 4.34. The average Bonchev–Trinajstić information content (AvgIpc) is 2.87. The molecular formula is C30H30N2O3. The Bertz CT molecular complexity index is 1190. The number of ether oxygens (including phenoxy) is 1. The van der Waals surface area contributed by atoms with Crippen molar-refractivity contribution < 1.29 is 14.3 Å². The van der Waals surface area contributed by atoms with Crippen molar-refractivity contribution >= 4 is 11.8 Å². The Morgan fingerprint density at radius 2 is 1.57 bits per heavy atom. The van der Waals surface area contributed by atoms with Gasteiger partial charge in [0.2, 0.25) is 11.8 Å². The molecule has 0 aromatic heterocycles. The lowest BCUT2D eigenvalue weighted by atomic mass is 9.73. The number of hydrogen-bond acceptors (Lipinski definition) is 3. The van der Waals surface area contributed by atoms with Crippen LogP contribution in [-0.2, 0) is 22.7 Å². The molecular weight excluding hydrogens is 436 g/mol. The highest BCUT2D eigenvalue weighted by Gasteiger charge is 2.56. The third-order valence-corrected chi connectivity index (χ3v) is 7.07. The van der Waals surface area contributed by atoms with Gasteiger partial charge in [-0.15, -0.1) is 6.58 Å². The average molecular weight is 467 g/mol. The molecule has 0 saturated carbocycles. The van der Waals surface area contributed by atoms with Crippen molar-refractivity contribution in [2.24, 2.45) is 5.92 Å². The smallest absolute Gasteiger partial charge is 0.239 e. The largest absolute Gasteiger partial charge is 0.468 e. The van der Waals surface area contributed by atoms with E-state index in [0.717, 1.165) is 22.4 Å². The lowest BCUT2D eigenvalue weighted by Crippen LogP contribution is -2.64. The van der Waals surface area contributed by atoms with Crippen molar-refractivity contribution in [1.29, 1.82) is 0 Å².